The molecule has 1 heterocycles. The molecule has 1 amide bonds. The van der Waals surface area contributed by atoms with Crippen molar-refractivity contribution in [1.82, 2.24) is 9.62 Å². The second-order valence-electron chi connectivity index (χ2n) is 7.83. The summed E-state index contributed by atoms with van der Waals surface area (Å²) in [5.74, 6) is -1.02. The molecular formula is C22H25F3N2O5S. The third-order valence-corrected chi connectivity index (χ3v) is 7.41. The first-order valence-electron chi connectivity index (χ1n) is 10.4. The van der Waals surface area contributed by atoms with E-state index in [4.69, 9.17) is 0 Å². The Balaban J connectivity index is 1.64. The molecule has 0 aromatic heterocycles. The van der Waals surface area contributed by atoms with E-state index in [2.05, 4.69) is 10.1 Å². The predicted octanol–water partition coefficient (Wildman–Crippen LogP) is 3.61. The van der Waals surface area contributed by atoms with Crippen LogP contribution in [-0.4, -0.2) is 49.2 Å². The number of hydrogen-bond donors (Lipinski definition) is 2. The molecule has 2 aromatic rings. The quantitative estimate of drug-likeness (QED) is 0.624. The van der Waals surface area contributed by atoms with Gasteiger partial charge in [-0.05, 0) is 55.7 Å². The molecule has 1 saturated heterocycles. The maximum atomic E-state index is 13.0. The molecule has 0 bridgehead atoms. The summed E-state index contributed by atoms with van der Waals surface area (Å²) in [5, 5.41) is 12.8. The van der Waals surface area contributed by atoms with Crippen molar-refractivity contribution in [3.8, 4) is 5.75 Å². The van der Waals surface area contributed by atoms with Gasteiger partial charge in [-0.15, -0.1) is 13.2 Å². The van der Waals surface area contributed by atoms with Crippen LogP contribution in [0.5, 0.6) is 5.75 Å². The summed E-state index contributed by atoms with van der Waals surface area (Å²) in [6.45, 7) is 2.06. The van der Waals surface area contributed by atoms with E-state index in [-0.39, 0.29) is 28.6 Å². The van der Waals surface area contributed by atoms with Gasteiger partial charge in [-0.1, -0.05) is 24.6 Å². The topological polar surface area (TPSA) is 95.9 Å². The molecule has 2 aromatic carbocycles. The number of amides is 1. The molecule has 0 spiro atoms. The maximum absolute atomic E-state index is 13.0. The maximum Gasteiger partial charge on any atom is 0.573 e. The van der Waals surface area contributed by atoms with Crippen molar-refractivity contribution in [3.05, 3.63) is 59.7 Å². The van der Waals surface area contributed by atoms with Crippen molar-refractivity contribution in [2.75, 3.05) is 13.1 Å². The van der Waals surface area contributed by atoms with Crippen LogP contribution in [0.3, 0.4) is 0 Å². The van der Waals surface area contributed by atoms with Gasteiger partial charge in [-0.3, -0.25) is 4.79 Å². The lowest BCUT2D eigenvalue weighted by atomic mass is 10.1. The van der Waals surface area contributed by atoms with E-state index in [1.807, 2.05) is 6.92 Å². The van der Waals surface area contributed by atoms with Gasteiger partial charge in [0.2, 0.25) is 10.0 Å². The van der Waals surface area contributed by atoms with Crippen LogP contribution in [0.15, 0.2) is 53.4 Å². The fourth-order valence-corrected chi connectivity index (χ4v) is 5.41. The van der Waals surface area contributed by atoms with Crippen LogP contribution in [0.4, 0.5) is 13.2 Å². The van der Waals surface area contributed by atoms with E-state index in [1.165, 1.54) is 40.7 Å². The number of aliphatic hydroxyl groups is 1. The number of carbonyl (C=O) groups excluding carboxylic acids is 1. The highest BCUT2D eigenvalue weighted by atomic mass is 32.2. The number of rotatable bonds is 7. The zero-order valence-corrected chi connectivity index (χ0v) is 18.7. The second-order valence-corrected chi connectivity index (χ2v) is 9.72. The van der Waals surface area contributed by atoms with E-state index in [0.29, 0.717) is 6.54 Å². The third kappa shape index (κ3) is 6.46. The lowest BCUT2D eigenvalue weighted by Gasteiger charge is -2.32. The fourth-order valence-electron chi connectivity index (χ4n) is 3.66. The molecule has 2 atom stereocenters. The Morgan fingerprint density at radius 3 is 2.55 bits per heavy atom. The van der Waals surface area contributed by atoms with Gasteiger partial charge in [0.1, 0.15) is 5.75 Å². The average Bonchev–Trinajstić information content (AvgIpc) is 2.77. The van der Waals surface area contributed by atoms with Gasteiger partial charge in [0.15, 0.2) is 0 Å². The van der Waals surface area contributed by atoms with E-state index in [1.54, 1.807) is 0 Å². The van der Waals surface area contributed by atoms with Crippen LogP contribution in [-0.2, 0) is 10.0 Å². The Hall–Kier alpha value is -2.63. The average molecular weight is 487 g/mol. The summed E-state index contributed by atoms with van der Waals surface area (Å²) in [5.41, 5.74) is 0.391. The highest BCUT2D eigenvalue weighted by Gasteiger charge is 2.32. The molecule has 1 aliphatic rings. The smallest absolute Gasteiger partial charge is 0.406 e. The number of piperidine rings is 1. The number of alkyl halides is 3. The van der Waals surface area contributed by atoms with Crippen LogP contribution in [0.1, 0.15) is 48.2 Å². The Bertz CT molecular complexity index is 1070. The third-order valence-electron chi connectivity index (χ3n) is 5.40. The van der Waals surface area contributed by atoms with E-state index < -0.39 is 34.1 Å². The molecule has 33 heavy (non-hydrogen) atoms. The zero-order chi connectivity index (χ0) is 24.2. The second kappa shape index (κ2) is 10.1. The Labute approximate surface area is 190 Å². The van der Waals surface area contributed by atoms with Gasteiger partial charge >= 0.3 is 6.36 Å². The van der Waals surface area contributed by atoms with E-state index in [9.17, 15) is 31.5 Å². The largest absolute Gasteiger partial charge is 0.573 e. The minimum absolute atomic E-state index is 0.0182. The zero-order valence-electron chi connectivity index (χ0n) is 17.9. The summed E-state index contributed by atoms with van der Waals surface area (Å²) >= 11 is 0. The summed E-state index contributed by atoms with van der Waals surface area (Å²) in [6, 6.07) is 10.2. The van der Waals surface area contributed by atoms with Crippen molar-refractivity contribution in [2.24, 2.45) is 0 Å². The van der Waals surface area contributed by atoms with Crippen LogP contribution in [0.25, 0.3) is 0 Å². The van der Waals surface area contributed by atoms with Gasteiger partial charge in [0, 0.05) is 24.7 Å². The van der Waals surface area contributed by atoms with Crippen molar-refractivity contribution < 1.29 is 36.2 Å². The highest BCUT2D eigenvalue weighted by Crippen LogP contribution is 2.26. The molecule has 3 rings (SSSR count). The molecule has 1 fully saturated rings. The number of hydrogen-bond acceptors (Lipinski definition) is 5. The number of ether oxygens (including phenoxy) is 1. The first kappa shape index (κ1) is 25.0. The van der Waals surface area contributed by atoms with Gasteiger partial charge in [0.25, 0.3) is 5.91 Å². The predicted molar refractivity (Wildman–Crippen MR) is 114 cm³/mol. The SMILES string of the molecule is CC1CCCCN1S(=O)(=O)c1cccc(C(=O)NCC(O)c2ccc(OC(F)(F)F)cc2)c1. The Kier molecular flexibility index (Phi) is 7.65. The summed E-state index contributed by atoms with van der Waals surface area (Å²) < 4.78 is 68.0. The molecule has 0 saturated carbocycles. The molecule has 0 aliphatic carbocycles. The van der Waals surface area contributed by atoms with Gasteiger partial charge in [0.05, 0.1) is 11.0 Å². The van der Waals surface area contributed by atoms with Gasteiger partial charge in [-0.2, -0.15) is 4.31 Å². The Morgan fingerprint density at radius 1 is 1.21 bits per heavy atom. The van der Waals surface area contributed by atoms with Gasteiger partial charge in [-0.25, -0.2) is 8.42 Å². The minimum atomic E-state index is -4.82. The number of carbonyl (C=O) groups is 1. The van der Waals surface area contributed by atoms with Crippen molar-refractivity contribution in [1.29, 1.82) is 0 Å². The molecular weight excluding hydrogens is 461 g/mol. The summed E-state index contributed by atoms with van der Waals surface area (Å²) in [4.78, 5) is 12.6. The monoisotopic (exact) mass is 486 g/mol. The minimum Gasteiger partial charge on any atom is -0.406 e. The molecule has 2 N–H and O–H groups in total. The van der Waals surface area contributed by atoms with Gasteiger partial charge < -0.3 is 15.2 Å². The number of benzene rings is 2. The van der Waals surface area contributed by atoms with Crippen molar-refractivity contribution in [3.63, 3.8) is 0 Å². The first-order chi connectivity index (χ1) is 15.5. The van der Waals surface area contributed by atoms with Crippen molar-refractivity contribution >= 4 is 15.9 Å². The Morgan fingerprint density at radius 2 is 1.91 bits per heavy atom. The molecule has 11 heteroatoms. The highest BCUT2D eigenvalue weighted by molar-refractivity contribution is 7.89. The summed E-state index contributed by atoms with van der Waals surface area (Å²) in [7, 11) is -3.75. The van der Waals surface area contributed by atoms with Crippen LogP contribution in [0.2, 0.25) is 0 Å². The van der Waals surface area contributed by atoms with E-state index >= 15 is 0 Å². The number of sulfonamides is 1. The summed E-state index contributed by atoms with van der Waals surface area (Å²) in [6.07, 6.45) is -3.47. The lowest BCUT2D eigenvalue weighted by Crippen LogP contribution is -2.42. The molecule has 180 valence electrons. The number of halogens is 3. The molecule has 2 unspecified atom stereocenters. The van der Waals surface area contributed by atoms with Crippen LogP contribution in [0, 0.1) is 0 Å². The van der Waals surface area contributed by atoms with Crippen LogP contribution >= 0.6 is 0 Å². The number of nitrogens with one attached hydrogen (secondary N) is 1. The number of aliphatic hydroxyl groups excluding tert-OH is 1. The van der Waals surface area contributed by atoms with Crippen LogP contribution < -0.4 is 10.1 Å². The molecule has 7 nitrogen and oxygen atoms in total. The molecule has 0 radical (unpaired) electrons. The lowest BCUT2D eigenvalue weighted by molar-refractivity contribution is -0.274. The van der Waals surface area contributed by atoms with E-state index in [0.717, 1.165) is 31.4 Å². The molecule has 1 aliphatic heterocycles. The first-order valence-corrected chi connectivity index (χ1v) is 11.9. The number of nitrogens with zero attached hydrogens (tertiary/aromatic N) is 1. The van der Waals surface area contributed by atoms with Crippen molar-refractivity contribution in [2.45, 2.75) is 49.6 Å². The standard InChI is InChI=1S/C22H25F3N2O5S/c1-15-5-2-3-12-27(15)33(30,31)19-7-4-6-17(13-19)21(29)26-14-20(28)16-8-10-18(11-9-16)32-22(23,24)25/h4,6-11,13,15,20,28H,2-3,5,12,14H2,1H3,(H,26,29). The normalized spacial score (nSPS) is 18.5. The fraction of sp³-hybridized carbons (Fsp3) is 0.409.